The summed E-state index contributed by atoms with van der Waals surface area (Å²) in [5, 5.41) is 1.95. The van der Waals surface area contributed by atoms with Crippen molar-refractivity contribution < 1.29 is 0 Å². The van der Waals surface area contributed by atoms with Crippen molar-refractivity contribution in [1.29, 1.82) is 0 Å². The van der Waals surface area contributed by atoms with Gasteiger partial charge in [-0.2, -0.15) is 0 Å². The van der Waals surface area contributed by atoms with Crippen molar-refractivity contribution in [2.24, 2.45) is 0 Å². The molecule has 0 amide bonds. The normalized spacial score (nSPS) is 10.0. The first-order valence-electron chi connectivity index (χ1n) is 5.95. The van der Waals surface area contributed by atoms with Crippen molar-refractivity contribution in [1.82, 2.24) is 29.9 Å². The molecule has 0 aliphatic rings. The van der Waals surface area contributed by atoms with E-state index in [-0.39, 0.29) is 0 Å². The van der Waals surface area contributed by atoms with E-state index >= 15 is 0 Å². The molecule has 0 bridgehead atoms. The van der Waals surface area contributed by atoms with Crippen LogP contribution in [0.4, 0.5) is 0 Å². The molecular formula is C14H10N6. The van der Waals surface area contributed by atoms with Crippen LogP contribution in [0.15, 0.2) is 61.7 Å². The molecule has 0 radical (unpaired) electrons. The number of rotatable bonds is 0. The second kappa shape index (κ2) is 5.75. The van der Waals surface area contributed by atoms with Gasteiger partial charge in [0.05, 0.1) is 0 Å². The highest BCUT2D eigenvalue weighted by atomic mass is 14.9. The van der Waals surface area contributed by atoms with Crippen molar-refractivity contribution in [2.75, 3.05) is 0 Å². The molecule has 4 aromatic heterocycles. The molecular weight excluding hydrogens is 252 g/mol. The predicted octanol–water partition coefficient (Wildman–Crippen LogP) is 2.05. The zero-order chi connectivity index (χ0) is 13.6. The lowest BCUT2D eigenvalue weighted by atomic mass is 10.3. The Balaban J connectivity index is 0.000000121. The molecule has 4 rings (SSSR count). The molecule has 0 spiro atoms. The minimum atomic E-state index is 0.748. The van der Waals surface area contributed by atoms with Crippen molar-refractivity contribution >= 4 is 22.1 Å². The van der Waals surface area contributed by atoms with E-state index in [4.69, 9.17) is 0 Å². The van der Waals surface area contributed by atoms with Crippen molar-refractivity contribution in [3.63, 3.8) is 0 Å². The molecule has 6 nitrogen and oxygen atoms in total. The lowest BCUT2D eigenvalue weighted by molar-refractivity contribution is 1.18. The van der Waals surface area contributed by atoms with E-state index in [1.54, 1.807) is 24.8 Å². The fraction of sp³-hybridized carbons (Fsp3) is 0. The molecule has 0 aromatic carbocycles. The van der Waals surface area contributed by atoms with E-state index in [2.05, 4.69) is 29.9 Å². The number of pyridine rings is 2. The number of nitrogens with zero attached hydrogens (tertiary/aromatic N) is 6. The van der Waals surface area contributed by atoms with E-state index in [1.807, 2.05) is 24.3 Å². The highest BCUT2D eigenvalue weighted by Crippen LogP contribution is 2.03. The fourth-order valence-corrected chi connectivity index (χ4v) is 1.64. The molecule has 0 unspecified atom stereocenters. The number of fused-ring (bicyclic) bond motifs is 2. The fourth-order valence-electron chi connectivity index (χ4n) is 1.64. The molecule has 96 valence electrons. The summed E-state index contributed by atoms with van der Waals surface area (Å²) in [5.41, 5.74) is 1.50. The molecule has 20 heavy (non-hydrogen) atoms. The van der Waals surface area contributed by atoms with Crippen LogP contribution in [0.25, 0.3) is 22.1 Å². The van der Waals surface area contributed by atoms with Gasteiger partial charge >= 0.3 is 0 Å². The molecule has 0 aliphatic heterocycles. The summed E-state index contributed by atoms with van der Waals surface area (Å²) in [4.78, 5) is 23.7. The van der Waals surface area contributed by atoms with Crippen LogP contribution in [0.3, 0.4) is 0 Å². The van der Waals surface area contributed by atoms with Crippen LogP contribution >= 0.6 is 0 Å². The van der Waals surface area contributed by atoms with Gasteiger partial charge in [0.15, 0.2) is 11.3 Å². The van der Waals surface area contributed by atoms with Gasteiger partial charge in [-0.15, -0.1) is 0 Å². The van der Waals surface area contributed by atoms with E-state index < -0.39 is 0 Å². The van der Waals surface area contributed by atoms with Crippen LogP contribution in [-0.4, -0.2) is 29.9 Å². The van der Waals surface area contributed by atoms with E-state index in [1.165, 1.54) is 12.7 Å². The summed E-state index contributed by atoms with van der Waals surface area (Å²) in [6.45, 7) is 0. The Morgan fingerprint density at radius 1 is 0.600 bits per heavy atom. The Bertz CT molecular complexity index is 631. The van der Waals surface area contributed by atoms with E-state index in [0.717, 1.165) is 22.1 Å². The van der Waals surface area contributed by atoms with Crippen LogP contribution in [0, 0.1) is 0 Å². The average Bonchev–Trinajstić information content (AvgIpc) is 2.56. The molecule has 0 atom stereocenters. The van der Waals surface area contributed by atoms with Gasteiger partial charge in [-0.3, -0.25) is 0 Å². The topological polar surface area (TPSA) is 77.3 Å². The molecule has 0 N–H and O–H groups in total. The summed E-state index contributed by atoms with van der Waals surface area (Å²) in [7, 11) is 0. The third kappa shape index (κ3) is 2.69. The third-order valence-electron chi connectivity index (χ3n) is 2.55. The maximum absolute atomic E-state index is 4.03. The molecule has 0 fully saturated rings. The summed E-state index contributed by atoms with van der Waals surface area (Å²) in [6, 6.07) is 7.60. The quantitative estimate of drug-likeness (QED) is 0.482. The summed E-state index contributed by atoms with van der Waals surface area (Å²) >= 11 is 0. The SMILES string of the molecule is c1cnc2ncncc2c1.c1cnc2ncncc2c1. The Kier molecular flexibility index (Phi) is 3.46. The maximum atomic E-state index is 4.03. The van der Waals surface area contributed by atoms with Crippen LogP contribution in [0.5, 0.6) is 0 Å². The monoisotopic (exact) mass is 262 g/mol. The van der Waals surface area contributed by atoms with Crippen molar-refractivity contribution in [3.8, 4) is 0 Å². The first kappa shape index (κ1) is 12.0. The zero-order valence-corrected chi connectivity index (χ0v) is 10.5. The smallest absolute Gasteiger partial charge is 0.162 e. The molecule has 0 aliphatic carbocycles. The van der Waals surface area contributed by atoms with Crippen molar-refractivity contribution in [3.05, 3.63) is 61.7 Å². The number of hydrogen-bond acceptors (Lipinski definition) is 6. The van der Waals surface area contributed by atoms with Crippen LogP contribution < -0.4 is 0 Å². The van der Waals surface area contributed by atoms with Gasteiger partial charge in [0, 0.05) is 35.6 Å². The van der Waals surface area contributed by atoms with Crippen LogP contribution in [-0.2, 0) is 0 Å². The van der Waals surface area contributed by atoms with Gasteiger partial charge in [0.25, 0.3) is 0 Å². The third-order valence-corrected chi connectivity index (χ3v) is 2.55. The Labute approximate surface area is 114 Å². The van der Waals surface area contributed by atoms with Crippen molar-refractivity contribution in [2.45, 2.75) is 0 Å². The summed E-state index contributed by atoms with van der Waals surface area (Å²) < 4.78 is 0. The molecule has 6 heteroatoms. The molecule has 4 aromatic rings. The first-order chi connectivity index (χ1) is 9.93. The molecule has 4 heterocycles. The summed E-state index contributed by atoms with van der Waals surface area (Å²) in [5.74, 6) is 0. The Hall–Kier alpha value is -3.02. The zero-order valence-electron chi connectivity index (χ0n) is 10.5. The second-order valence-electron chi connectivity index (χ2n) is 3.88. The van der Waals surface area contributed by atoms with Crippen LogP contribution in [0.2, 0.25) is 0 Å². The minimum absolute atomic E-state index is 0.748. The standard InChI is InChI=1S/2C7H5N3/c2*1-2-6-4-8-5-10-7(6)9-3-1/h2*1-5H. The van der Waals surface area contributed by atoms with Gasteiger partial charge in [-0.25, -0.2) is 29.9 Å². The lowest BCUT2D eigenvalue weighted by Gasteiger charge is -1.89. The first-order valence-corrected chi connectivity index (χ1v) is 5.95. The number of aromatic nitrogens is 6. The Morgan fingerprint density at radius 3 is 1.55 bits per heavy atom. The molecule has 0 saturated heterocycles. The Morgan fingerprint density at radius 2 is 1.10 bits per heavy atom. The molecule has 0 saturated carbocycles. The number of hydrogen-bond donors (Lipinski definition) is 0. The van der Waals surface area contributed by atoms with E-state index in [9.17, 15) is 0 Å². The van der Waals surface area contributed by atoms with Crippen LogP contribution in [0.1, 0.15) is 0 Å². The maximum Gasteiger partial charge on any atom is 0.162 e. The predicted molar refractivity (Wildman–Crippen MR) is 74.7 cm³/mol. The highest BCUT2D eigenvalue weighted by Gasteiger charge is 1.90. The summed E-state index contributed by atoms with van der Waals surface area (Å²) in [6.07, 6.45) is 9.92. The minimum Gasteiger partial charge on any atom is -0.244 e. The van der Waals surface area contributed by atoms with Gasteiger partial charge in [-0.1, -0.05) is 0 Å². The van der Waals surface area contributed by atoms with Gasteiger partial charge in [-0.05, 0) is 24.3 Å². The highest BCUT2D eigenvalue weighted by molar-refractivity contribution is 5.72. The second-order valence-corrected chi connectivity index (χ2v) is 3.88. The lowest BCUT2D eigenvalue weighted by Crippen LogP contribution is -1.82. The largest absolute Gasteiger partial charge is 0.244 e. The van der Waals surface area contributed by atoms with Gasteiger partial charge < -0.3 is 0 Å². The van der Waals surface area contributed by atoms with Gasteiger partial charge in [0.1, 0.15) is 12.7 Å². The average molecular weight is 262 g/mol. The van der Waals surface area contributed by atoms with Gasteiger partial charge in [0.2, 0.25) is 0 Å². The van der Waals surface area contributed by atoms with E-state index in [0.29, 0.717) is 0 Å².